The maximum Gasteiger partial charge on any atom is 0.258 e. The SMILES string of the molecule is C.C=C(NC(C)(C)C(=O)NS(C)(=O)=O)C1CC(OC)CN1C(=C)C(C)C(C)C.COCP([NH-])(=O)O.[W].[W].[W]. The van der Waals surface area contributed by atoms with Crippen LogP contribution in [0, 0.1) is 11.8 Å². The van der Waals surface area contributed by atoms with Gasteiger partial charge in [0.05, 0.1) is 18.4 Å². The van der Waals surface area contributed by atoms with Crippen molar-refractivity contribution in [2.75, 3.05) is 33.4 Å². The molecule has 0 bridgehead atoms. The summed E-state index contributed by atoms with van der Waals surface area (Å²) in [6, 6.07) is -0.0889. The molecule has 4 N–H and O–H groups in total. The Morgan fingerprint density at radius 1 is 1.21 bits per heavy atom. The molecule has 1 heterocycles. The van der Waals surface area contributed by atoms with Crippen LogP contribution in [0.15, 0.2) is 24.6 Å². The van der Waals surface area contributed by atoms with E-state index in [-0.39, 0.29) is 95.0 Å². The predicted molar refractivity (Wildman–Crippen MR) is 141 cm³/mol. The monoisotopic (exact) mass is 1090 g/mol. The zero-order valence-corrected chi connectivity index (χ0v) is 33.3. The molecule has 38 heavy (non-hydrogen) atoms. The average molecular weight is 1090 g/mol. The van der Waals surface area contributed by atoms with Crippen molar-refractivity contribution in [2.45, 2.75) is 66.2 Å². The average Bonchev–Trinajstić information content (AvgIpc) is 3.09. The number of nitrogens with one attached hydrogen (secondary N) is 3. The molecule has 0 aromatic heterocycles. The quantitative estimate of drug-likeness (QED) is 0.265. The molecule has 4 atom stereocenters. The minimum atomic E-state index is -3.64. The second kappa shape index (κ2) is 20.5. The Labute approximate surface area is 273 Å². The molecule has 226 valence electrons. The van der Waals surface area contributed by atoms with Crippen molar-refractivity contribution in [3.63, 3.8) is 0 Å². The van der Waals surface area contributed by atoms with Crippen molar-refractivity contribution in [3.05, 3.63) is 30.1 Å². The van der Waals surface area contributed by atoms with E-state index in [1.807, 2.05) is 4.72 Å². The Bertz CT molecular complexity index is 886. The summed E-state index contributed by atoms with van der Waals surface area (Å²) in [6.07, 6.45) is 1.33. The van der Waals surface area contributed by atoms with E-state index in [1.165, 1.54) is 7.11 Å². The third-order valence-corrected chi connectivity index (χ3v) is 6.68. The fourth-order valence-corrected chi connectivity index (χ4v) is 4.22. The Hall–Kier alpha value is 0.635. The number of methoxy groups -OCH3 is 2. The van der Waals surface area contributed by atoms with E-state index in [1.54, 1.807) is 21.0 Å². The van der Waals surface area contributed by atoms with Crippen molar-refractivity contribution in [1.82, 2.24) is 14.9 Å². The summed E-state index contributed by atoms with van der Waals surface area (Å²) in [5.74, 6) is 0.101. The molecule has 1 fully saturated rings. The first-order valence-electron chi connectivity index (χ1n) is 10.8. The molecule has 0 aliphatic carbocycles. The molecule has 16 heteroatoms. The molecule has 1 aliphatic heterocycles. The molecule has 1 aliphatic rings. The van der Waals surface area contributed by atoms with Gasteiger partial charge in [-0.25, -0.2) is 8.42 Å². The van der Waals surface area contributed by atoms with Gasteiger partial charge in [-0.05, 0) is 25.7 Å². The number of likely N-dealkylation sites (tertiary alicyclic amines) is 1. The Balaban J connectivity index is -0.000000291. The van der Waals surface area contributed by atoms with Gasteiger partial charge in [0.25, 0.3) is 5.91 Å². The van der Waals surface area contributed by atoms with Gasteiger partial charge in [0.2, 0.25) is 10.0 Å². The van der Waals surface area contributed by atoms with Crippen molar-refractivity contribution in [3.8, 4) is 0 Å². The van der Waals surface area contributed by atoms with E-state index < -0.39 is 29.0 Å². The van der Waals surface area contributed by atoms with Gasteiger partial charge >= 0.3 is 0 Å². The number of ether oxygens (including phenoxy) is 2. The summed E-state index contributed by atoms with van der Waals surface area (Å²) in [6.45, 7) is 18.8. The molecule has 1 amide bonds. The maximum atomic E-state index is 12.3. The molecule has 0 spiro atoms. The molecule has 0 aromatic rings. The number of nitrogens with zero attached hydrogens (tertiary/aromatic N) is 1. The van der Waals surface area contributed by atoms with Crippen LogP contribution >= 0.6 is 7.52 Å². The summed E-state index contributed by atoms with van der Waals surface area (Å²) in [5.41, 5.74) is 6.83. The largest absolute Gasteiger partial charge is 0.593 e. The second-order valence-corrected chi connectivity index (χ2v) is 12.8. The number of carbonyl (C=O) groups excluding carboxylic acids is 1. The number of carbonyl (C=O) groups is 1. The predicted octanol–water partition coefficient (Wildman–Crippen LogP) is 3.30. The fraction of sp³-hybridized carbons (Fsp3) is 0.773. The Morgan fingerprint density at radius 3 is 2.00 bits per heavy atom. The van der Waals surface area contributed by atoms with Crippen LogP contribution < -0.4 is 10.0 Å². The van der Waals surface area contributed by atoms with E-state index in [2.05, 4.69) is 48.9 Å². The molecule has 11 nitrogen and oxygen atoms in total. The van der Waals surface area contributed by atoms with Gasteiger partial charge < -0.3 is 34.7 Å². The van der Waals surface area contributed by atoms with Gasteiger partial charge in [0.1, 0.15) is 19.4 Å². The number of hydrogen-bond donors (Lipinski definition) is 3. The molecule has 4 unspecified atom stereocenters. The molecule has 1 rings (SSSR count). The molecule has 0 saturated carbocycles. The van der Waals surface area contributed by atoms with Crippen LogP contribution in [0.5, 0.6) is 0 Å². The van der Waals surface area contributed by atoms with Crippen LogP contribution in [0.25, 0.3) is 5.50 Å². The summed E-state index contributed by atoms with van der Waals surface area (Å²) in [7, 11) is -4.32. The summed E-state index contributed by atoms with van der Waals surface area (Å²) < 4.78 is 44.4. The van der Waals surface area contributed by atoms with E-state index in [4.69, 9.17) is 15.1 Å². The van der Waals surface area contributed by atoms with Crippen molar-refractivity contribution in [1.29, 1.82) is 0 Å². The second-order valence-electron chi connectivity index (χ2n) is 9.38. The van der Waals surface area contributed by atoms with Crippen LogP contribution in [-0.4, -0.2) is 75.2 Å². The number of sulfonamides is 1. The topological polar surface area (TPSA) is 158 Å². The van der Waals surface area contributed by atoms with Crippen LogP contribution in [0.2, 0.25) is 0 Å². The minimum Gasteiger partial charge on any atom is -0.593 e. The summed E-state index contributed by atoms with van der Waals surface area (Å²) in [4.78, 5) is 22.6. The van der Waals surface area contributed by atoms with Gasteiger partial charge in [-0.2, -0.15) is 0 Å². The first kappa shape index (κ1) is 48.4. The molecule has 0 radical (unpaired) electrons. The zero-order chi connectivity index (χ0) is 27.1. The normalized spacial score (nSPS) is 19.0. The van der Waals surface area contributed by atoms with Gasteiger partial charge in [-0.15, -0.1) is 0 Å². The molecular weight excluding hydrogens is 1050 g/mol. The number of allylic oxidation sites excluding steroid dienone is 1. The van der Waals surface area contributed by atoms with Gasteiger partial charge in [-0.1, -0.05) is 41.4 Å². The Morgan fingerprint density at radius 2 is 1.68 bits per heavy atom. The van der Waals surface area contributed by atoms with Gasteiger partial charge in [0.15, 0.2) is 0 Å². The van der Waals surface area contributed by atoms with Crippen LogP contribution in [0.4, 0.5) is 0 Å². The summed E-state index contributed by atoms with van der Waals surface area (Å²) >= 11 is 0. The summed E-state index contributed by atoms with van der Waals surface area (Å²) in [5, 5.41) is 3.11. The van der Waals surface area contributed by atoms with E-state index in [0.29, 0.717) is 18.2 Å². The van der Waals surface area contributed by atoms with E-state index >= 15 is 0 Å². The van der Waals surface area contributed by atoms with Crippen LogP contribution in [0.3, 0.4) is 0 Å². The zero-order valence-electron chi connectivity index (χ0n) is 22.8. The van der Waals surface area contributed by atoms with Crippen molar-refractivity contribution < 1.29 is 95.3 Å². The third kappa shape index (κ3) is 18.1. The number of amides is 1. The molecule has 1 saturated heterocycles. The minimum absolute atomic E-state index is 0. The Kier molecular flexibility index (Phi) is 26.1. The smallest absolute Gasteiger partial charge is 0.258 e. The van der Waals surface area contributed by atoms with Crippen LogP contribution in [0.1, 0.15) is 48.5 Å². The van der Waals surface area contributed by atoms with Crippen molar-refractivity contribution >= 4 is 23.5 Å². The van der Waals surface area contributed by atoms with Gasteiger partial charge in [-0.3, -0.25) is 9.52 Å². The first-order chi connectivity index (χ1) is 15.3. The molecular formula is C22H46N4O7PSW3-. The van der Waals surface area contributed by atoms with E-state index in [9.17, 15) is 17.8 Å². The third-order valence-electron chi connectivity index (χ3n) is 5.52. The maximum absolute atomic E-state index is 12.3. The van der Waals surface area contributed by atoms with Crippen molar-refractivity contribution in [2.24, 2.45) is 11.8 Å². The first-order valence-corrected chi connectivity index (χ1v) is 14.5. The number of rotatable bonds is 11. The fourth-order valence-electron chi connectivity index (χ4n) is 3.27. The van der Waals surface area contributed by atoms with Gasteiger partial charge in [0, 0.05) is 102 Å². The van der Waals surface area contributed by atoms with Crippen LogP contribution in [-0.2, 0) is 92.1 Å². The van der Waals surface area contributed by atoms with E-state index in [0.717, 1.165) is 18.4 Å². The molecule has 0 aromatic carbocycles. The standard InChI is InChI=1S/C19H35N3O4S.C2H7NO3P.CH4.3W/c1-12(2)13(3)15(5)22-11-16(26-8)10-17(22)14(4)20-19(6,7)18(23)21-27(9,24)25;1-6-2-7(3,4)5;;;;/h12-13,16-17,20H,4-5,10-11H2,1-3,6-9H3,(H,21,23);2H2,1H3,(H2-,3,4,5);1H4;;;/q;-1;;;;. The number of hydrogen-bond acceptors (Lipinski definition) is 8.